The lowest BCUT2D eigenvalue weighted by Crippen LogP contribution is -2.44. The van der Waals surface area contributed by atoms with Gasteiger partial charge in [0.25, 0.3) is 10.0 Å². The van der Waals surface area contributed by atoms with Crippen molar-refractivity contribution in [2.45, 2.75) is 35.9 Å². The van der Waals surface area contributed by atoms with E-state index in [0.29, 0.717) is 43.4 Å². The molecule has 1 amide bonds. The van der Waals surface area contributed by atoms with E-state index >= 15 is 0 Å². The van der Waals surface area contributed by atoms with Crippen LogP contribution in [0.4, 0.5) is 0 Å². The first-order chi connectivity index (χ1) is 15.0. The van der Waals surface area contributed by atoms with Crippen LogP contribution in [-0.4, -0.2) is 56.4 Å². The summed E-state index contributed by atoms with van der Waals surface area (Å²) in [5.74, 6) is 1.51. The first-order valence-corrected chi connectivity index (χ1v) is 13.1. The van der Waals surface area contributed by atoms with Gasteiger partial charge in [0.1, 0.15) is 17.4 Å². The summed E-state index contributed by atoms with van der Waals surface area (Å²) in [4.78, 5) is 15.3. The van der Waals surface area contributed by atoms with Crippen molar-refractivity contribution in [3.63, 3.8) is 0 Å². The average Bonchev–Trinajstić information content (AvgIpc) is 3.51. The number of sulfonamides is 1. The predicted octanol–water partition coefficient (Wildman–Crippen LogP) is 3.28. The second-order valence-electron chi connectivity index (χ2n) is 8.20. The Kier molecular flexibility index (Phi) is 5.66. The van der Waals surface area contributed by atoms with Crippen LogP contribution in [0.3, 0.4) is 0 Å². The van der Waals surface area contributed by atoms with Gasteiger partial charge in [-0.15, -0.1) is 11.3 Å². The zero-order chi connectivity index (χ0) is 21.4. The van der Waals surface area contributed by atoms with Gasteiger partial charge in [-0.25, -0.2) is 8.42 Å². The number of ether oxygens (including phenoxy) is 2. The molecule has 31 heavy (non-hydrogen) atoms. The minimum atomic E-state index is -3.45. The molecule has 0 radical (unpaired) electrons. The number of amides is 1. The molecule has 2 aromatic rings. The molecule has 1 aromatic carbocycles. The molecule has 2 saturated heterocycles. The summed E-state index contributed by atoms with van der Waals surface area (Å²) in [6.45, 7) is 2.61. The van der Waals surface area contributed by atoms with Crippen LogP contribution >= 0.6 is 11.3 Å². The van der Waals surface area contributed by atoms with E-state index < -0.39 is 10.0 Å². The summed E-state index contributed by atoms with van der Waals surface area (Å²) in [6.07, 6.45) is 3.02. The van der Waals surface area contributed by atoms with Crippen molar-refractivity contribution in [1.82, 2.24) is 9.21 Å². The lowest BCUT2D eigenvalue weighted by Gasteiger charge is -2.34. The molecule has 3 aliphatic rings. The van der Waals surface area contributed by atoms with Gasteiger partial charge in [-0.05, 0) is 54.8 Å². The molecule has 0 N–H and O–H groups in total. The van der Waals surface area contributed by atoms with Gasteiger partial charge in [0.05, 0.1) is 6.04 Å². The minimum Gasteiger partial charge on any atom is -0.486 e. The molecule has 2 fully saturated rings. The molecule has 9 heteroatoms. The maximum Gasteiger partial charge on any atom is 0.252 e. The number of benzene rings is 1. The largest absolute Gasteiger partial charge is 0.486 e. The van der Waals surface area contributed by atoms with E-state index in [9.17, 15) is 13.2 Å². The van der Waals surface area contributed by atoms with Gasteiger partial charge >= 0.3 is 0 Å². The molecule has 0 spiro atoms. The SMILES string of the molecule is O=C(C1CCN(S(=O)(=O)c2cccs2)CC1)N1CCC[C@@H]1c1ccc2c(c1)OCCO2. The van der Waals surface area contributed by atoms with E-state index in [1.807, 2.05) is 23.1 Å². The fourth-order valence-electron chi connectivity index (χ4n) is 4.76. The number of hydrogen-bond acceptors (Lipinski definition) is 6. The summed E-state index contributed by atoms with van der Waals surface area (Å²) >= 11 is 1.23. The summed E-state index contributed by atoms with van der Waals surface area (Å²) in [5, 5.41) is 1.77. The van der Waals surface area contributed by atoms with Crippen LogP contribution in [0.1, 0.15) is 37.3 Å². The van der Waals surface area contributed by atoms with Crippen molar-refractivity contribution in [1.29, 1.82) is 0 Å². The Morgan fingerprint density at radius 3 is 2.52 bits per heavy atom. The third-order valence-electron chi connectivity index (χ3n) is 6.38. The summed E-state index contributed by atoms with van der Waals surface area (Å²) in [5.41, 5.74) is 1.08. The van der Waals surface area contributed by atoms with Crippen LogP contribution < -0.4 is 9.47 Å². The fraction of sp³-hybridized carbons (Fsp3) is 0.500. The number of piperidine rings is 1. The molecule has 7 nitrogen and oxygen atoms in total. The van der Waals surface area contributed by atoms with Gasteiger partial charge in [0.2, 0.25) is 5.91 Å². The highest BCUT2D eigenvalue weighted by molar-refractivity contribution is 7.91. The molecule has 0 bridgehead atoms. The van der Waals surface area contributed by atoms with E-state index in [0.717, 1.165) is 36.4 Å². The first kappa shape index (κ1) is 20.8. The van der Waals surface area contributed by atoms with Crippen LogP contribution in [0.2, 0.25) is 0 Å². The molecule has 1 atom stereocenters. The van der Waals surface area contributed by atoms with Crippen LogP contribution in [0.5, 0.6) is 11.5 Å². The monoisotopic (exact) mass is 462 g/mol. The van der Waals surface area contributed by atoms with Crippen molar-refractivity contribution in [2.24, 2.45) is 5.92 Å². The molecule has 5 rings (SSSR count). The standard InChI is InChI=1S/C22H26N2O5S2/c25-22(16-7-10-23(11-8-16)31(26,27)21-4-2-14-30-21)24-9-1-3-18(24)17-5-6-19-20(15-17)29-13-12-28-19/h2,4-6,14-16,18H,1,3,7-13H2/t18-/m1/s1. The van der Waals surface area contributed by atoms with Crippen molar-refractivity contribution in [2.75, 3.05) is 32.8 Å². The maximum atomic E-state index is 13.4. The van der Waals surface area contributed by atoms with Crippen LogP contribution in [0, 0.1) is 5.92 Å². The fourth-order valence-corrected chi connectivity index (χ4v) is 7.37. The van der Waals surface area contributed by atoms with Crippen molar-refractivity contribution < 1.29 is 22.7 Å². The van der Waals surface area contributed by atoms with Crippen LogP contribution in [-0.2, 0) is 14.8 Å². The quantitative estimate of drug-likeness (QED) is 0.697. The third kappa shape index (κ3) is 3.94. The van der Waals surface area contributed by atoms with Crippen LogP contribution in [0.25, 0.3) is 0 Å². The van der Waals surface area contributed by atoms with Crippen molar-refractivity contribution in [3.05, 3.63) is 41.3 Å². The molecular weight excluding hydrogens is 436 g/mol. The molecule has 0 unspecified atom stereocenters. The average molecular weight is 463 g/mol. The maximum absolute atomic E-state index is 13.4. The van der Waals surface area contributed by atoms with Gasteiger partial charge in [0, 0.05) is 25.6 Å². The van der Waals surface area contributed by atoms with Crippen LogP contribution in [0.15, 0.2) is 39.9 Å². The number of hydrogen-bond donors (Lipinski definition) is 0. The van der Waals surface area contributed by atoms with E-state index in [-0.39, 0.29) is 17.9 Å². The first-order valence-electron chi connectivity index (χ1n) is 10.8. The van der Waals surface area contributed by atoms with Gasteiger partial charge in [-0.1, -0.05) is 12.1 Å². The number of carbonyl (C=O) groups excluding carboxylic acids is 1. The van der Waals surface area contributed by atoms with E-state index in [1.54, 1.807) is 17.5 Å². The van der Waals surface area contributed by atoms with Crippen molar-refractivity contribution >= 4 is 27.3 Å². The van der Waals surface area contributed by atoms with E-state index in [2.05, 4.69) is 0 Å². The number of likely N-dealkylation sites (tertiary alicyclic amines) is 1. The number of thiophene rings is 1. The molecule has 0 aliphatic carbocycles. The number of rotatable bonds is 4. The van der Waals surface area contributed by atoms with Crippen molar-refractivity contribution in [3.8, 4) is 11.5 Å². The highest BCUT2D eigenvalue weighted by Crippen LogP contribution is 2.39. The number of carbonyl (C=O) groups is 1. The molecule has 0 saturated carbocycles. The Bertz CT molecular complexity index is 1050. The highest BCUT2D eigenvalue weighted by Gasteiger charge is 2.38. The summed E-state index contributed by atoms with van der Waals surface area (Å²) in [6, 6.07) is 9.38. The summed E-state index contributed by atoms with van der Waals surface area (Å²) < 4.78 is 38.7. The topological polar surface area (TPSA) is 76.2 Å². The molecule has 4 heterocycles. The van der Waals surface area contributed by atoms with Gasteiger partial charge in [-0.2, -0.15) is 4.31 Å². The Labute approximate surface area is 186 Å². The lowest BCUT2D eigenvalue weighted by molar-refractivity contribution is -0.137. The van der Waals surface area contributed by atoms with Gasteiger partial charge < -0.3 is 14.4 Å². The Balaban J connectivity index is 1.26. The zero-order valence-electron chi connectivity index (χ0n) is 17.2. The Hall–Kier alpha value is -2.10. The smallest absolute Gasteiger partial charge is 0.252 e. The number of fused-ring (bicyclic) bond motifs is 1. The van der Waals surface area contributed by atoms with E-state index in [1.165, 1.54) is 15.6 Å². The molecule has 1 aromatic heterocycles. The third-order valence-corrected chi connectivity index (χ3v) is 9.65. The van der Waals surface area contributed by atoms with Gasteiger partial charge in [0.15, 0.2) is 11.5 Å². The highest BCUT2D eigenvalue weighted by atomic mass is 32.2. The Morgan fingerprint density at radius 2 is 1.77 bits per heavy atom. The normalized spacial score (nSPS) is 22.6. The van der Waals surface area contributed by atoms with E-state index in [4.69, 9.17) is 9.47 Å². The second-order valence-corrected chi connectivity index (χ2v) is 11.3. The second kappa shape index (κ2) is 8.44. The molecule has 3 aliphatic heterocycles. The zero-order valence-corrected chi connectivity index (χ0v) is 18.9. The predicted molar refractivity (Wildman–Crippen MR) is 117 cm³/mol. The summed E-state index contributed by atoms with van der Waals surface area (Å²) in [7, 11) is -3.45. The van der Waals surface area contributed by atoms with Gasteiger partial charge in [-0.3, -0.25) is 4.79 Å². The Morgan fingerprint density at radius 1 is 1.00 bits per heavy atom. The minimum absolute atomic E-state index is 0.0382. The lowest BCUT2D eigenvalue weighted by atomic mass is 9.95. The molecule has 166 valence electrons. The number of nitrogens with zero attached hydrogens (tertiary/aromatic N) is 2. The molecular formula is C22H26N2O5S2.